The minimum Gasteiger partial charge on any atom is -0.496 e. The van der Waals surface area contributed by atoms with Gasteiger partial charge in [0.15, 0.2) is 11.2 Å². The predicted octanol–water partition coefficient (Wildman–Crippen LogP) is 2.73. The molecule has 0 spiro atoms. The van der Waals surface area contributed by atoms with Crippen LogP contribution in [0.5, 0.6) is 5.75 Å². The number of fused-ring (bicyclic) bond motifs is 1. The summed E-state index contributed by atoms with van der Waals surface area (Å²) in [4.78, 5) is 30.6. The van der Waals surface area contributed by atoms with E-state index >= 15 is 0 Å². The smallest absolute Gasteiger partial charge is 0.337 e. The maximum Gasteiger partial charge on any atom is 0.337 e. The predicted molar refractivity (Wildman–Crippen MR) is 112 cm³/mol. The molecule has 0 aliphatic rings. The fraction of sp³-hybridized carbons (Fsp3) is 0.227. The van der Waals surface area contributed by atoms with Crippen LogP contribution in [-0.2, 0) is 13.1 Å². The molecule has 148 valence electrons. The van der Waals surface area contributed by atoms with E-state index in [0.29, 0.717) is 23.4 Å². The second-order valence-electron chi connectivity index (χ2n) is 6.86. The third kappa shape index (κ3) is 3.14. The van der Waals surface area contributed by atoms with Gasteiger partial charge >= 0.3 is 5.69 Å². The van der Waals surface area contributed by atoms with Gasteiger partial charge in [0.1, 0.15) is 5.75 Å². The molecule has 4 rings (SSSR count). The Morgan fingerprint density at radius 1 is 1.03 bits per heavy atom. The monoisotopic (exact) mass is 390 g/mol. The molecule has 0 aliphatic carbocycles. The number of aryl methyl sites for hydroxylation is 1. The number of hydrogen-bond donors (Lipinski definition) is 0. The summed E-state index contributed by atoms with van der Waals surface area (Å²) in [6.45, 7) is 4.46. The first-order valence-corrected chi connectivity index (χ1v) is 9.44. The number of benzene rings is 2. The average molecular weight is 390 g/mol. The number of hydrogen-bond acceptors (Lipinski definition) is 4. The molecule has 0 unspecified atom stereocenters. The summed E-state index contributed by atoms with van der Waals surface area (Å²) in [5, 5.41) is 0. The molecule has 2 aromatic carbocycles. The molecular formula is C22H22N4O3. The van der Waals surface area contributed by atoms with E-state index in [2.05, 4.69) is 4.98 Å². The van der Waals surface area contributed by atoms with Crippen LogP contribution in [0.4, 0.5) is 0 Å². The minimum atomic E-state index is -0.392. The third-order valence-electron chi connectivity index (χ3n) is 5.04. The molecule has 0 saturated heterocycles. The first-order valence-electron chi connectivity index (χ1n) is 9.44. The molecule has 0 radical (unpaired) electrons. The zero-order chi connectivity index (χ0) is 20.5. The maximum absolute atomic E-state index is 13.1. The largest absolute Gasteiger partial charge is 0.496 e. The number of methoxy groups -OCH3 is 1. The van der Waals surface area contributed by atoms with Crippen LogP contribution in [0.3, 0.4) is 0 Å². The Morgan fingerprint density at radius 2 is 1.76 bits per heavy atom. The normalized spacial score (nSPS) is 11.1. The molecular weight excluding hydrogens is 368 g/mol. The highest BCUT2D eigenvalue weighted by molar-refractivity contribution is 5.72. The van der Waals surface area contributed by atoms with Crippen LogP contribution >= 0.6 is 0 Å². The van der Waals surface area contributed by atoms with Gasteiger partial charge in [-0.15, -0.1) is 0 Å². The van der Waals surface area contributed by atoms with Gasteiger partial charge in [-0.3, -0.25) is 9.36 Å². The van der Waals surface area contributed by atoms with Gasteiger partial charge in [-0.2, -0.15) is 0 Å². The highest BCUT2D eigenvalue weighted by Gasteiger charge is 2.19. The SMILES string of the molecule is CCn1c(=O)c2c(ncn2Cc2ccccc2OC)n(-c2ccc(C)cc2)c1=O. The fourth-order valence-electron chi connectivity index (χ4n) is 3.52. The highest BCUT2D eigenvalue weighted by Crippen LogP contribution is 2.20. The van der Waals surface area contributed by atoms with Gasteiger partial charge in [-0.05, 0) is 32.0 Å². The Balaban J connectivity index is 1.98. The van der Waals surface area contributed by atoms with Crippen molar-refractivity contribution >= 4 is 11.2 Å². The van der Waals surface area contributed by atoms with Gasteiger partial charge < -0.3 is 9.30 Å². The molecule has 0 bridgehead atoms. The topological polar surface area (TPSA) is 71.0 Å². The number of aromatic nitrogens is 4. The second-order valence-corrected chi connectivity index (χ2v) is 6.86. The maximum atomic E-state index is 13.1. The first-order chi connectivity index (χ1) is 14.0. The third-order valence-corrected chi connectivity index (χ3v) is 5.04. The summed E-state index contributed by atoms with van der Waals surface area (Å²) < 4.78 is 9.94. The lowest BCUT2D eigenvalue weighted by Crippen LogP contribution is -2.39. The first kappa shape index (κ1) is 18.7. The van der Waals surface area contributed by atoms with E-state index in [4.69, 9.17) is 4.74 Å². The van der Waals surface area contributed by atoms with E-state index in [-0.39, 0.29) is 12.1 Å². The molecule has 0 atom stereocenters. The Hall–Kier alpha value is -3.61. The van der Waals surface area contributed by atoms with Crippen LogP contribution in [0.25, 0.3) is 16.9 Å². The van der Waals surface area contributed by atoms with E-state index in [1.807, 2.05) is 55.5 Å². The van der Waals surface area contributed by atoms with Crippen LogP contribution < -0.4 is 16.0 Å². The molecule has 7 heteroatoms. The second kappa shape index (κ2) is 7.43. The van der Waals surface area contributed by atoms with E-state index in [0.717, 1.165) is 16.9 Å². The Kier molecular flexibility index (Phi) is 4.80. The molecule has 0 N–H and O–H groups in total. The minimum absolute atomic E-state index is 0.277. The van der Waals surface area contributed by atoms with Crippen molar-refractivity contribution in [3.8, 4) is 11.4 Å². The summed E-state index contributed by atoms with van der Waals surface area (Å²) in [6, 6.07) is 15.2. The van der Waals surface area contributed by atoms with Crippen molar-refractivity contribution in [2.45, 2.75) is 26.9 Å². The van der Waals surface area contributed by atoms with Gasteiger partial charge in [0, 0.05) is 12.1 Å². The molecule has 0 fully saturated rings. The average Bonchev–Trinajstić information content (AvgIpc) is 3.13. The summed E-state index contributed by atoms with van der Waals surface area (Å²) >= 11 is 0. The quantitative estimate of drug-likeness (QED) is 0.525. The Labute approximate surface area is 167 Å². The van der Waals surface area contributed by atoms with Crippen molar-refractivity contribution in [2.24, 2.45) is 0 Å². The van der Waals surface area contributed by atoms with E-state index in [1.54, 1.807) is 24.9 Å². The van der Waals surface area contributed by atoms with Crippen LogP contribution in [-0.4, -0.2) is 25.8 Å². The van der Waals surface area contributed by atoms with E-state index in [1.165, 1.54) is 9.13 Å². The Morgan fingerprint density at radius 3 is 2.45 bits per heavy atom. The van der Waals surface area contributed by atoms with Crippen LogP contribution in [0.15, 0.2) is 64.4 Å². The van der Waals surface area contributed by atoms with Crippen molar-refractivity contribution in [2.75, 3.05) is 7.11 Å². The van der Waals surface area contributed by atoms with Gasteiger partial charge in [0.25, 0.3) is 5.56 Å². The fourth-order valence-corrected chi connectivity index (χ4v) is 3.52. The molecule has 0 amide bonds. The zero-order valence-electron chi connectivity index (χ0n) is 16.6. The van der Waals surface area contributed by atoms with Crippen molar-refractivity contribution in [3.63, 3.8) is 0 Å². The summed E-state index contributed by atoms with van der Waals surface area (Å²) in [7, 11) is 1.62. The number of nitrogens with zero attached hydrogens (tertiary/aromatic N) is 4. The standard InChI is InChI=1S/C22H22N4O3/c1-4-25-21(27)19-20(26(22(25)28)17-11-9-15(2)10-12-17)23-14-24(19)13-16-7-5-6-8-18(16)29-3/h5-12,14H,4,13H2,1-3H3. The van der Waals surface area contributed by atoms with Gasteiger partial charge in [-0.25, -0.2) is 14.3 Å². The van der Waals surface area contributed by atoms with Crippen molar-refractivity contribution in [1.29, 1.82) is 0 Å². The van der Waals surface area contributed by atoms with Crippen molar-refractivity contribution in [3.05, 3.63) is 86.8 Å². The summed E-state index contributed by atoms with van der Waals surface area (Å²) in [5.74, 6) is 0.733. The van der Waals surface area contributed by atoms with E-state index < -0.39 is 5.69 Å². The van der Waals surface area contributed by atoms with Crippen molar-refractivity contribution in [1.82, 2.24) is 18.7 Å². The van der Waals surface area contributed by atoms with E-state index in [9.17, 15) is 9.59 Å². The van der Waals surface area contributed by atoms with Gasteiger partial charge in [-0.1, -0.05) is 35.9 Å². The highest BCUT2D eigenvalue weighted by atomic mass is 16.5. The number of imidazole rings is 1. The number of rotatable bonds is 5. The Bertz CT molecular complexity index is 1300. The van der Waals surface area contributed by atoms with Gasteiger partial charge in [0.2, 0.25) is 0 Å². The lowest BCUT2D eigenvalue weighted by atomic mass is 10.2. The van der Waals surface area contributed by atoms with Crippen LogP contribution in [0.2, 0.25) is 0 Å². The number of ether oxygens (including phenoxy) is 1. The summed E-state index contributed by atoms with van der Waals surface area (Å²) in [5.41, 5.74) is 2.68. The lowest BCUT2D eigenvalue weighted by Gasteiger charge is -2.13. The zero-order valence-corrected chi connectivity index (χ0v) is 16.6. The van der Waals surface area contributed by atoms with Crippen LogP contribution in [0, 0.1) is 6.92 Å². The molecule has 0 aliphatic heterocycles. The summed E-state index contributed by atoms with van der Waals surface area (Å²) in [6.07, 6.45) is 1.60. The molecule has 2 aromatic heterocycles. The molecule has 4 aromatic rings. The van der Waals surface area contributed by atoms with Crippen LogP contribution in [0.1, 0.15) is 18.1 Å². The molecule has 29 heavy (non-hydrogen) atoms. The lowest BCUT2D eigenvalue weighted by molar-refractivity contribution is 0.408. The van der Waals surface area contributed by atoms with Crippen molar-refractivity contribution < 1.29 is 4.74 Å². The number of para-hydroxylation sites is 1. The molecule has 0 saturated carbocycles. The van der Waals surface area contributed by atoms with Gasteiger partial charge in [0.05, 0.1) is 25.7 Å². The molecule has 7 nitrogen and oxygen atoms in total. The molecule has 2 heterocycles.